The zero-order chi connectivity index (χ0) is 19.6. The van der Waals surface area contributed by atoms with E-state index in [1.807, 2.05) is 0 Å². The molecule has 2 aromatic carbocycles. The molecular weight excluding hydrogens is 402 g/mol. The van der Waals surface area contributed by atoms with Crippen LogP contribution in [0.2, 0.25) is 5.02 Å². The summed E-state index contributed by atoms with van der Waals surface area (Å²) < 4.78 is 52.9. The number of H-pyrrole nitrogens is 1. The fraction of sp³-hybridized carbons (Fsp3) is 0. The molecule has 11 heteroatoms. The number of nitrogens with zero attached hydrogens (tertiary/aromatic N) is 1. The molecule has 0 aliphatic heterocycles. The van der Waals surface area contributed by atoms with Gasteiger partial charge in [-0.2, -0.15) is 0 Å². The third-order valence-electron chi connectivity index (χ3n) is 3.51. The molecule has 1 heterocycles. The van der Waals surface area contributed by atoms with Gasteiger partial charge in [-0.1, -0.05) is 17.7 Å². The van der Waals surface area contributed by atoms with E-state index in [1.165, 1.54) is 30.7 Å². The molecule has 27 heavy (non-hydrogen) atoms. The number of hydrazine groups is 1. The van der Waals surface area contributed by atoms with Gasteiger partial charge in [-0.25, -0.2) is 22.2 Å². The second-order valence-electron chi connectivity index (χ2n) is 5.27. The van der Waals surface area contributed by atoms with Crippen LogP contribution in [0, 0.1) is 11.6 Å². The number of hydrogen-bond acceptors (Lipinski definition) is 4. The second kappa shape index (κ2) is 7.43. The maximum atomic E-state index is 14.6. The van der Waals surface area contributed by atoms with Gasteiger partial charge in [-0.05, 0) is 30.3 Å². The molecule has 0 radical (unpaired) electrons. The van der Waals surface area contributed by atoms with E-state index in [1.54, 1.807) is 10.3 Å². The van der Waals surface area contributed by atoms with E-state index in [0.29, 0.717) is 0 Å². The Morgan fingerprint density at radius 3 is 2.63 bits per heavy atom. The largest absolute Gasteiger partial charge is 0.345 e. The highest BCUT2D eigenvalue weighted by Gasteiger charge is 2.23. The van der Waals surface area contributed by atoms with Crippen molar-refractivity contribution < 1.29 is 22.0 Å². The number of amides is 1. The van der Waals surface area contributed by atoms with Crippen molar-refractivity contribution in [1.82, 2.24) is 20.2 Å². The number of rotatable bonds is 5. The number of hydrogen-bond donors (Lipinski definition) is 3. The molecule has 7 nitrogen and oxygen atoms in total. The van der Waals surface area contributed by atoms with E-state index in [0.717, 1.165) is 18.2 Å². The van der Waals surface area contributed by atoms with Crippen LogP contribution in [0.1, 0.15) is 10.4 Å². The predicted molar refractivity (Wildman–Crippen MR) is 93.2 cm³/mol. The van der Waals surface area contributed by atoms with E-state index in [2.05, 4.69) is 9.97 Å². The van der Waals surface area contributed by atoms with Crippen molar-refractivity contribution in [1.29, 1.82) is 0 Å². The van der Waals surface area contributed by atoms with Gasteiger partial charge in [0.05, 0.1) is 23.1 Å². The number of carbonyl (C=O) groups excluding carboxylic acids is 1. The number of halogens is 3. The lowest BCUT2D eigenvalue weighted by Crippen LogP contribution is -2.42. The number of aromatic nitrogens is 2. The van der Waals surface area contributed by atoms with Crippen LogP contribution >= 0.6 is 11.6 Å². The van der Waals surface area contributed by atoms with Crippen LogP contribution in [-0.2, 0) is 10.0 Å². The van der Waals surface area contributed by atoms with Crippen molar-refractivity contribution in [3.05, 3.63) is 71.1 Å². The van der Waals surface area contributed by atoms with E-state index in [-0.39, 0.29) is 21.2 Å². The molecule has 0 atom stereocenters. The van der Waals surface area contributed by atoms with Gasteiger partial charge in [0.1, 0.15) is 17.2 Å². The molecule has 0 spiro atoms. The maximum Gasteiger partial charge on any atom is 0.272 e. The molecular formula is C16H11ClF2N4O3S. The van der Waals surface area contributed by atoms with Crippen LogP contribution in [0.3, 0.4) is 0 Å². The van der Waals surface area contributed by atoms with Gasteiger partial charge >= 0.3 is 0 Å². The minimum atomic E-state index is -4.19. The SMILES string of the molecule is O=C(NNS(=O)(=O)c1cccc(Cl)c1)c1c(F)ccc(-c2cnc[nH]2)c1F. The zero-order valence-electron chi connectivity index (χ0n) is 13.3. The average Bonchev–Trinajstić information content (AvgIpc) is 3.14. The molecule has 0 unspecified atom stereocenters. The molecule has 1 amide bonds. The Labute approximate surface area is 157 Å². The van der Waals surface area contributed by atoms with Crippen LogP contribution < -0.4 is 10.3 Å². The van der Waals surface area contributed by atoms with Crippen LogP contribution in [-0.4, -0.2) is 24.3 Å². The van der Waals surface area contributed by atoms with E-state index >= 15 is 0 Å². The fourth-order valence-electron chi connectivity index (χ4n) is 2.24. The number of benzene rings is 2. The third-order valence-corrected chi connectivity index (χ3v) is 4.99. The summed E-state index contributed by atoms with van der Waals surface area (Å²) in [6.45, 7) is 0. The molecule has 3 N–H and O–H groups in total. The van der Waals surface area contributed by atoms with Crippen molar-refractivity contribution >= 4 is 27.5 Å². The van der Waals surface area contributed by atoms with Crippen LogP contribution in [0.5, 0.6) is 0 Å². The summed E-state index contributed by atoms with van der Waals surface area (Å²) in [5.41, 5.74) is 0.960. The average molecular weight is 413 g/mol. The molecule has 0 aliphatic carbocycles. The lowest BCUT2D eigenvalue weighted by atomic mass is 10.1. The molecule has 1 aromatic heterocycles. The van der Waals surface area contributed by atoms with Gasteiger partial charge in [0, 0.05) is 10.6 Å². The van der Waals surface area contributed by atoms with Crippen molar-refractivity contribution in [3.63, 3.8) is 0 Å². The first kappa shape index (κ1) is 19.0. The number of sulfonamides is 1. The number of imidazole rings is 1. The Morgan fingerprint density at radius 2 is 1.96 bits per heavy atom. The highest BCUT2D eigenvalue weighted by Crippen LogP contribution is 2.25. The molecule has 3 rings (SSSR count). The monoisotopic (exact) mass is 412 g/mol. The maximum absolute atomic E-state index is 14.6. The summed E-state index contributed by atoms with van der Waals surface area (Å²) in [5.74, 6) is -3.63. The van der Waals surface area contributed by atoms with E-state index in [9.17, 15) is 22.0 Å². The van der Waals surface area contributed by atoms with Gasteiger partial charge in [0.15, 0.2) is 0 Å². The van der Waals surface area contributed by atoms with Gasteiger partial charge in [-0.15, -0.1) is 4.83 Å². The van der Waals surface area contributed by atoms with Gasteiger partial charge < -0.3 is 4.98 Å². The van der Waals surface area contributed by atoms with Crippen molar-refractivity contribution in [3.8, 4) is 11.3 Å². The Morgan fingerprint density at radius 1 is 1.19 bits per heavy atom. The Bertz CT molecular complexity index is 1100. The predicted octanol–water partition coefficient (Wildman–Crippen LogP) is 2.63. The second-order valence-corrected chi connectivity index (χ2v) is 7.39. The van der Waals surface area contributed by atoms with Crippen molar-refractivity contribution in [2.75, 3.05) is 0 Å². The minimum Gasteiger partial charge on any atom is -0.345 e. The number of nitrogens with one attached hydrogen (secondary N) is 3. The first-order valence-electron chi connectivity index (χ1n) is 7.34. The van der Waals surface area contributed by atoms with Crippen LogP contribution in [0.15, 0.2) is 53.8 Å². The molecule has 0 bridgehead atoms. The number of aromatic amines is 1. The minimum absolute atomic E-state index is 0.100. The Balaban J connectivity index is 1.86. The van der Waals surface area contributed by atoms with Gasteiger partial charge in [0.25, 0.3) is 15.9 Å². The van der Waals surface area contributed by atoms with Crippen molar-refractivity contribution in [2.24, 2.45) is 0 Å². The summed E-state index contributed by atoms with van der Waals surface area (Å²) in [6.07, 6.45) is 2.58. The highest BCUT2D eigenvalue weighted by atomic mass is 35.5. The first-order valence-corrected chi connectivity index (χ1v) is 9.20. The molecule has 140 valence electrons. The quantitative estimate of drug-likeness (QED) is 0.560. The molecule has 0 fully saturated rings. The molecule has 3 aromatic rings. The number of carbonyl (C=O) groups is 1. The molecule has 0 saturated carbocycles. The van der Waals surface area contributed by atoms with E-state index < -0.39 is 33.1 Å². The molecule has 0 aliphatic rings. The summed E-state index contributed by atoms with van der Waals surface area (Å²) in [5, 5.41) is 0.161. The topological polar surface area (TPSA) is 104 Å². The lowest BCUT2D eigenvalue weighted by Gasteiger charge is -2.11. The fourth-order valence-corrected chi connectivity index (χ4v) is 3.38. The smallest absolute Gasteiger partial charge is 0.272 e. The standard InChI is InChI=1S/C16H11ClF2N4O3S/c17-9-2-1-3-10(6-9)27(25,26)23-22-16(24)14-12(18)5-4-11(15(14)19)13-7-20-8-21-13/h1-8,23H,(H,20,21)(H,22,24). The zero-order valence-corrected chi connectivity index (χ0v) is 14.9. The third kappa shape index (κ3) is 3.97. The first-order chi connectivity index (χ1) is 12.8. The molecule has 0 saturated heterocycles. The Hall–Kier alpha value is -2.82. The normalized spacial score (nSPS) is 11.4. The van der Waals surface area contributed by atoms with Crippen LogP contribution in [0.4, 0.5) is 8.78 Å². The van der Waals surface area contributed by atoms with E-state index in [4.69, 9.17) is 11.6 Å². The summed E-state index contributed by atoms with van der Waals surface area (Å²) in [4.78, 5) is 20.1. The summed E-state index contributed by atoms with van der Waals surface area (Å²) in [7, 11) is -4.19. The Kier molecular flexibility index (Phi) is 5.22. The highest BCUT2D eigenvalue weighted by molar-refractivity contribution is 7.89. The van der Waals surface area contributed by atoms with Crippen LogP contribution in [0.25, 0.3) is 11.3 Å². The summed E-state index contributed by atoms with van der Waals surface area (Å²) in [6, 6.07) is 7.26. The lowest BCUT2D eigenvalue weighted by molar-refractivity contribution is 0.0936. The van der Waals surface area contributed by atoms with Gasteiger partial charge in [0.2, 0.25) is 0 Å². The van der Waals surface area contributed by atoms with Crippen molar-refractivity contribution in [2.45, 2.75) is 4.90 Å². The van der Waals surface area contributed by atoms with Gasteiger partial charge in [-0.3, -0.25) is 10.2 Å². The summed E-state index contributed by atoms with van der Waals surface area (Å²) >= 11 is 5.73.